The second-order valence-electron chi connectivity index (χ2n) is 4.80. The van der Waals surface area contributed by atoms with E-state index in [-0.39, 0.29) is 11.7 Å². The second-order valence-corrected chi connectivity index (χ2v) is 6.13. The number of hydrogen-bond donors (Lipinski definition) is 1. The number of aromatic nitrogens is 3. The van der Waals surface area contributed by atoms with Gasteiger partial charge in [-0.15, -0.1) is 10.2 Å². The Labute approximate surface area is 152 Å². The average molecular weight is 377 g/mol. The Kier molecular flexibility index (Phi) is 5.52. The number of nitrogens with one attached hydrogen (secondary N) is 1. The number of pyridine rings is 1. The molecule has 0 aliphatic heterocycles. The van der Waals surface area contributed by atoms with Crippen molar-refractivity contribution in [2.24, 2.45) is 0 Å². The molecule has 0 unspecified atom stereocenters. The summed E-state index contributed by atoms with van der Waals surface area (Å²) < 4.78 is 10.6. The van der Waals surface area contributed by atoms with Gasteiger partial charge >= 0.3 is 0 Å². The summed E-state index contributed by atoms with van der Waals surface area (Å²) in [7, 11) is 1.53. The van der Waals surface area contributed by atoms with Crippen molar-refractivity contribution in [3.8, 4) is 17.2 Å². The lowest BCUT2D eigenvalue weighted by atomic mass is 10.3. The number of carbonyl (C=O) groups is 1. The van der Waals surface area contributed by atoms with Gasteiger partial charge in [0.05, 0.1) is 17.9 Å². The van der Waals surface area contributed by atoms with Crippen LogP contribution >= 0.6 is 23.4 Å². The monoisotopic (exact) mass is 376 g/mol. The summed E-state index contributed by atoms with van der Waals surface area (Å²) in [4.78, 5) is 16.0. The van der Waals surface area contributed by atoms with Crippen LogP contribution in [0.25, 0.3) is 11.5 Å². The van der Waals surface area contributed by atoms with Crippen molar-refractivity contribution in [1.82, 2.24) is 15.2 Å². The lowest BCUT2D eigenvalue weighted by molar-refractivity contribution is -0.113. The summed E-state index contributed by atoms with van der Waals surface area (Å²) >= 11 is 7.18. The van der Waals surface area contributed by atoms with Crippen molar-refractivity contribution < 1.29 is 13.9 Å². The molecule has 2 heterocycles. The van der Waals surface area contributed by atoms with Gasteiger partial charge < -0.3 is 14.5 Å². The molecule has 0 spiro atoms. The topological polar surface area (TPSA) is 90.1 Å². The van der Waals surface area contributed by atoms with Crippen LogP contribution in [0, 0.1) is 0 Å². The van der Waals surface area contributed by atoms with E-state index in [1.54, 1.807) is 42.7 Å². The summed E-state index contributed by atoms with van der Waals surface area (Å²) in [5.41, 5.74) is 1.35. The summed E-state index contributed by atoms with van der Waals surface area (Å²) in [6.07, 6.45) is 3.28. The number of methoxy groups -OCH3 is 1. The Morgan fingerprint density at radius 2 is 2.08 bits per heavy atom. The molecule has 1 N–H and O–H groups in total. The third-order valence-corrected chi connectivity index (χ3v) is 4.21. The van der Waals surface area contributed by atoms with Crippen molar-refractivity contribution >= 4 is 35.0 Å². The van der Waals surface area contributed by atoms with Crippen molar-refractivity contribution in [3.63, 3.8) is 0 Å². The van der Waals surface area contributed by atoms with Gasteiger partial charge in [0, 0.05) is 23.6 Å². The zero-order valence-corrected chi connectivity index (χ0v) is 14.7. The van der Waals surface area contributed by atoms with E-state index in [2.05, 4.69) is 20.5 Å². The van der Waals surface area contributed by atoms with E-state index in [4.69, 9.17) is 20.8 Å². The van der Waals surface area contributed by atoms with Crippen LogP contribution in [0.2, 0.25) is 5.02 Å². The Hall–Kier alpha value is -2.58. The van der Waals surface area contributed by atoms with Crippen molar-refractivity contribution in [2.75, 3.05) is 18.2 Å². The highest BCUT2D eigenvalue weighted by molar-refractivity contribution is 7.99. The van der Waals surface area contributed by atoms with E-state index < -0.39 is 0 Å². The molecule has 0 bridgehead atoms. The Balaban J connectivity index is 1.56. The SMILES string of the molecule is COc1ccc(NC(=O)CSc2nnc(-c3ccncc3)o2)cc1Cl. The third-order valence-electron chi connectivity index (χ3n) is 3.10. The summed E-state index contributed by atoms with van der Waals surface area (Å²) in [6.45, 7) is 0. The van der Waals surface area contributed by atoms with Gasteiger partial charge in [-0.1, -0.05) is 23.4 Å². The van der Waals surface area contributed by atoms with Crippen LogP contribution in [-0.4, -0.2) is 34.0 Å². The van der Waals surface area contributed by atoms with Crippen LogP contribution in [0.1, 0.15) is 0 Å². The van der Waals surface area contributed by atoms with Gasteiger partial charge in [0.25, 0.3) is 5.22 Å². The Bertz CT molecular complexity index is 873. The molecule has 3 aromatic rings. The summed E-state index contributed by atoms with van der Waals surface area (Å²) in [5.74, 6) is 0.840. The van der Waals surface area contributed by atoms with Crippen LogP contribution in [0.5, 0.6) is 5.75 Å². The molecule has 128 valence electrons. The lowest BCUT2D eigenvalue weighted by Crippen LogP contribution is -2.14. The standard InChI is InChI=1S/C16H13ClN4O3S/c1-23-13-3-2-11(8-12(13)17)19-14(22)9-25-16-21-20-15(24-16)10-4-6-18-7-5-10/h2-8H,9H2,1H3,(H,19,22). The largest absolute Gasteiger partial charge is 0.495 e. The molecule has 0 saturated heterocycles. The van der Waals surface area contributed by atoms with E-state index in [9.17, 15) is 4.79 Å². The number of carbonyl (C=O) groups excluding carboxylic acids is 1. The first-order chi connectivity index (χ1) is 12.2. The predicted molar refractivity (Wildman–Crippen MR) is 94.9 cm³/mol. The average Bonchev–Trinajstić information content (AvgIpc) is 3.10. The highest BCUT2D eigenvalue weighted by Gasteiger charge is 2.12. The van der Waals surface area contributed by atoms with Gasteiger partial charge in [0.15, 0.2) is 0 Å². The molecule has 0 fully saturated rings. The van der Waals surface area contributed by atoms with Gasteiger partial charge in [-0.25, -0.2) is 0 Å². The van der Waals surface area contributed by atoms with Gasteiger partial charge in [-0.2, -0.15) is 0 Å². The number of rotatable bonds is 6. The Morgan fingerprint density at radius 3 is 2.80 bits per heavy atom. The van der Waals surface area contributed by atoms with Crippen molar-refractivity contribution in [1.29, 1.82) is 0 Å². The summed E-state index contributed by atoms with van der Waals surface area (Å²) in [6, 6.07) is 8.55. The van der Waals surface area contributed by atoms with E-state index >= 15 is 0 Å². The minimum absolute atomic E-state index is 0.127. The predicted octanol–water partition coefficient (Wildman–Crippen LogP) is 3.52. The first-order valence-corrected chi connectivity index (χ1v) is 8.52. The van der Waals surface area contributed by atoms with Crippen LogP contribution in [0.15, 0.2) is 52.4 Å². The molecule has 0 atom stereocenters. The molecule has 9 heteroatoms. The maximum absolute atomic E-state index is 12.0. The molecular formula is C16H13ClN4O3S. The fraction of sp³-hybridized carbons (Fsp3) is 0.125. The number of halogens is 1. The maximum atomic E-state index is 12.0. The lowest BCUT2D eigenvalue weighted by Gasteiger charge is -2.07. The van der Waals surface area contributed by atoms with Crippen LogP contribution in [0.4, 0.5) is 5.69 Å². The Morgan fingerprint density at radius 1 is 1.28 bits per heavy atom. The van der Waals surface area contributed by atoms with Gasteiger partial charge in [0.1, 0.15) is 5.75 Å². The van der Waals surface area contributed by atoms with Crippen LogP contribution < -0.4 is 10.1 Å². The molecule has 1 amide bonds. The van der Waals surface area contributed by atoms with Crippen molar-refractivity contribution in [2.45, 2.75) is 5.22 Å². The minimum atomic E-state index is -0.213. The number of nitrogens with zero attached hydrogens (tertiary/aromatic N) is 3. The highest BCUT2D eigenvalue weighted by atomic mass is 35.5. The van der Waals surface area contributed by atoms with E-state index in [1.807, 2.05) is 0 Å². The van der Waals surface area contributed by atoms with Crippen LogP contribution in [-0.2, 0) is 4.79 Å². The quantitative estimate of drug-likeness (QED) is 0.658. The zero-order valence-electron chi connectivity index (χ0n) is 13.1. The first-order valence-electron chi connectivity index (χ1n) is 7.16. The number of ether oxygens (including phenoxy) is 1. The molecule has 0 saturated carbocycles. The summed E-state index contributed by atoms with van der Waals surface area (Å²) in [5, 5.41) is 11.3. The van der Waals surface area contributed by atoms with Gasteiger partial charge in [0.2, 0.25) is 11.8 Å². The molecule has 3 rings (SSSR count). The molecule has 7 nitrogen and oxygen atoms in total. The smallest absolute Gasteiger partial charge is 0.277 e. The number of amides is 1. The van der Waals surface area contributed by atoms with Crippen molar-refractivity contribution in [3.05, 3.63) is 47.7 Å². The molecular weight excluding hydrogens is 364 g/mol. The van der Waals surface area contributed by atoms with Crippen LogP contribution in [0.3, 0.4) is 0 Å². The maximum Gasteiger partial charge on any atom is 0.277 e. The molecule has 0 aliphatic carbocycles. The van der Waals surface area contributed by atoms with Gasteiger partial charge in [-0.3, -0.25) is 9.78 Å². The third kappa shape index (κ3) is 4.49. The number of hydrogen-bond acceptors (Lipinski definition) is 7. The second kappa shape index (κ2) is 8.00. The van der Waals surface area contributed by atoms with E-state index in [0.29, 0.717) is 27.6 Å². The van der Waals surface area contributed by atoms with E-state index in [0.717, 1.165) is 17.3 Å². The molecule has 1 aromatic carbocycles. The number of anilines is 1. The first kappa shape index (κ1) is 17.2. The number of benzene rings is 1. The van der Waals surface area contributed by atoms with E-state index in [1.165, 1.54) is 7.11 Å². The molecule has 2 aromatic heterocycles. The fourth-order valence-electron chi connectivity index (χ4n) is 1.95. The highest BCUT2D eigenvalue weighted by Crippen LogP contribution is 2.27. The normalized spacial score (nSPS) is 10.5. The van der Waals surface area contributed by atoms with Gasteiger partial charge in [-0.05, 0) is 30.3 Å². The minimum Gasteiger partial charge on any atom is -0.495 e. The molecule has 0 radical (unpaired) electrons. The molecule has 0 aliphatic rings. The zero-order chi connectivity index (χ0) is 17.6. The fourth-order valence-corrected chi connectivity index (χ4v) is 2.77. The number of thioether (sulfide) groups is 1. The molecule has 25 heavy (non-hydrogen) atoms.